The number of esters is 1. The first-order valence-electron chi connectivity index (χ1n) is 8.77. The van der Waals surface area contributed by atoms with Gasteiger partial charge in [-0.25, -0.2) is 18.0 Å². The molecule has 0 fully saturated rings. The minimum Gasteiger partial charge on any atom is -0.449 e. The summed E-state index contributed by atoms with van der Waals surface area (Å²) in [5, 5.41) is 2.59. The summed E-state index contributed by atoms with van der Waals surface area (Å²) in [6, 6.07) is 10.5. The van der Waals surface area contributed by atoms with Crippen molar-refractivity contribution in [3.63, 3.8) is 0 Å². The number of amides is 1. The van der Waals surface area contributed by atoms with Gasteiger partial charge in [-0.05, 0) is 37.3 Å². The minimum atomic E-state index is -3.63. The normalized spacial score (nSPS) is 12.5. The number of imidazole rings is 1. The van der Waals surface area contributed by atoms with E-state index in [1.807, 2.05) is 0 Å². The smallest absolute Gasteiger partial charge is 0.340 e. The van der Waals surface area contributed by atoms with Gasteiger partial charge in [0.1, 0.15) is 0 Å². The molecular weight excluding hydrogens is 398 g/mol. The molecule has 3 N–H and O–H groups in total. The van der Waals surface area contributed by atoms with E-state index in [4.69, 9.17) is 4.74 Å². The van der Waals surface area contributed by atoms with Crippen LogP contribution in [0.1, 0.15) is 24.2 Å². The summed E-state index contributed by atoms with van der Waals surface area (Å²) in [5.41, 5.74) is 0.999. The molecule has 0 saturated carbocycles. The zero-order valence-corrected chi connectivity index (χ0v) is 16.5. The predicted octanol–water partition coefficient (Wildman–Crippen LogP) is 1.83. The molecule has 0 spiro atoms. The van der Waals surface area contributed by atoms with Crippen LogP contribution in [0.4, 0.5) is 5.69 Å². The van der Waals surface area contributed by atoms with Crippen molar-refractivity contribution >= 4 is 38.4 Å². The quantitative estimate of drug-likeness (QED) is 0.523. The third kappa shape index (κ3) is 4.37. The number of fused-ring (bicyclic) bond motifs is 1. The molecule has 0 aliphatic carbocycles. The second-order valence-corrected chi connectivity index (χ2v) is 8.52. The van der Waals surface area contributed by atoms with Crippen LogP contribution in [0.25, 0.3) is 11.0 Å². The molecule has 0 bridgehead atoms. The van der Waals surface area contributed by atoms with E-state index in [1.54, 1.807) is 18.2 Å². The summed E-state index contributed by atoms with van der Waals surface area (Å²) in [6.45, 7) is 2.85. The van der Waals surface area contributed by atoms with Crippen molar-refractivity contribution in [3.8, 4) is 0 Å². The Morgan fingerprint density at radius 1 is 1.10 bits per heavy atom. The van der Waals surface area contributed by atoms with Crippen LogP contribution in [0.5, 0.6) is 0 Å². The molecule has 2 aromatic carbocycles. The average molecular weight is 417 g/mol. The highest BCUT2D eigenvalue weighted by molar-refractivity contribution is 7.91. The van der Waals surface area contributed by atoms with E-state index < -0.39 is 27.8 Å². The van der Waals surface area contributed by atoms with Gasteiger partial charge >= 0.3 is 11.7 Å². The lowest BCUT2D eigenvalue weighted by Gasteiger charge is -2.15. The average Bonchev–Trinajstić information content (AvgIpc) is 3.07. The molecule has 152 valence electrons. The molecule has 0 saturated heterocycles. The number of H-pyrrole nitrogens is 2. The Hall–Kier alpha value is -3.40. The summed E-state index contributed by atoms with van der Waals surface area (Å²) >= 11 is 0. The van der Waals surface area contributed by atoms with E-state index in [1.165, 1.54) is 38.1 Å². The number of aromatic amines is 2. The molecule has 29 heavy (non-hydrogen) atoms. The molecule has 1 atom stereocenters. The fourth-order valence-corrected chi connectivity index (χ4v) is 3.78. The van der Waals surface area contributed by atoms with Crippen molar-refractivity contribution in [2.45, 2.75) is 24.8 Å². The van der Waals surface area contributed by atoms with Crippen molar-refractivity contribution in [1.29, 1.82) is 0 Å². The van der Waals surface area contributed by atoms with E-state index in [2.05, 4.69) is 15.3 Å². The van der Waals surface area contributed by atoms with E-state index in [9.17, 15) is 22.8 Å². The summed E-state index contributed by atoms with van der Waals surface area (Å²) in [6.07, 6.45) is -1.18. The molecule has 10 heteroatoms. The lowest BCUT2D eigenvalue weighted by atomic mass is 10.2. The summed E-state index contributed by atoms with van der Waals surface area (Å²) < 4.78 is 29.5. The Kier molecular flexibility index (Phi) is 5.55. The lowest BCUT2D eigenvalue weighted by Crippen LogP contribution is -2.30. The van der Waals surface area contributed by atoms with Crippen LogP contribution in [0.3, 0.4) is 0 Å². The predicted molar refractivity (Wildman–Crippen MR) is 107 cm³/mol. The number of ether oxygens (including phenoxy) is 1. The number of aromatic nitrogens is 2. The molecule has 1 heterocycles. The van der Waals surface area contributed by atoms with E-state index in [0.29, 0.717) is 16.7 Å². The first-order valence-corrected chi connectivity index (χ1v) is 10.4. The van der Waals surface area contributed by atoms with Crippen LogP contribution < -0.4 is 11.0 Å². The van der Waals surface area contributed by atoms with Gasteiger partial charge in [-0.3, -0.25) is 4.79 Å². The highest BCUT2D eigenvalue weighted by atomic mass is 32.2. The van der Waals surface area contributed by atoms with Crippen molar-refractivity contribution in [2.75, 3.05) is 11.1 Å². The molecule has 0 aliphatic heterocycles. The second kappa shape index (κ2) is 7.92. The summed E-state index contributed by atoms with van der Waals surface area (Å²) in [4.78, 5) is 41.2. The van der Waals surface area contributed by atoms with Crippen LogP contribution >= 0.6 is 0 Å². The van der Waals surface area contributed by atoms with E-state index >= 15 is 0 Å². The number of sulfone groups is 1. The monoisotopic (exact) mass is 417 g/mol. The molecular formula is C19H19N3O6S. The van der Waals surface area contributed by atoms with Crippen molar-refractivity contribution in [2.24, 2.45) is 0 Å². The van der Waals surface area contributed by atoms with Gasteiger partial charge in [0.15, 0.2) is 15.9 Å². The fourth-order valence-electron chi connectivity index (χ4n) is 2.69. The number of hydrogen-bond donors (Lipinski definition) is 3. The number of hydrogen-bond acceptors (Lipinski definition) is 6. The number of anilines is 1. The molecule has 1 amide bonds. The lowest BCUT2D eigenvalue weighted by molar-refractivity contribution is -0.123. The third-order valence-corrected chi connectivity index (χ3v) is 6.04. The van der Waals surface area contributed by atoms with Crippen LogP contribution in [-0.2, 0) is 19.4 Å². The Balaban J connectivity index is 1.74. The standard InChI is InChI=1S/C19H19N3O6S/c1-3-29(26,27)16-7-5-4-6-13(16)18(24)28-11(2)17(23)20-12-8-9-14-15(10-12)22-19(25)21-14/h4-11H,3H2,1-2H3,(H,20,23)(H2,21,22,25)/t11-/m1/s1. The van der Waals surface area contributed by atoms with Crippen LogP contribution in [0.15, 0.2) is 52.2 Å². The minimum absolute atomic E-state index is 0.125. The number of rotatable bonds is 6. The zero-order valence-electron chi connectivity index (χ0n) is 15.7. The van der Waals surface area contributed by atoms with Crippen molar-refractivity contribution in [3.05, 3.63) is 58.5 Å². The Morgan fingerprint density at radius 2 is 1.79 bits per heavy atom. The molecule has 1 aromatic heterocycles. The van der Waals surface area contributed by atoms with Crippen molar-refractivity contribution < 1.29 is 22.7 Å². The van der Waals surface area contributed by atoms with Gasteiger partial charge in [0.05, 0.1) is 27.2 Å². The van der Waals surface area contributed by atoms with E-state index in [-0.39, 0.29) is 21.9 Å². The van der Waals surface area contributed by atoms with Crippen LogP contribution in [0.2, 0.25) is 0 Å². The molecule has 3 rings (SSSR count). The number of benzene rings is 2. The highest BCUT2D eigenvalue weighted by Crippen LogP contribution is 2.19. The van der Waals surface area contributed by atoms with Crippen molar-refractivity contribution in [1.82, 2.24) is 9.97 Å². The van der Waals surface area contributed by atoms with Crippen LogP contribution in [-0.4, -0.2) is 42.1 Å². The Morgan fingerprint density at radius 3 is 2.52 bits per heavy atom. The molecule has 3 aromatic rings. The number of nitrogens with one attached hydrogen (secondary N) is 3. The SMILES string of the molecule is CCS(=O)(=O)c1ccccc1C(=O)O[C@H](C)C(=O)Nc1ccc2[nH]c(=O)[nH]c2c1. The highest BCUT2D eigenvalue weighted by Gasteiger charge is 2.25. The Labute approximate surface area is 166 Å². The third-order valence-electron chi connectivity index (χ3n) is 4.26. The summed E-state index contributed by atoms with van der Waals surface area (Å²) in [7, 11) is -3.63. The fraction of sp³-hybridized carbons (Fsp3) is 0.211. The summed E-state index contributed by atoms with van der Waals surface area (Å²) in [5.74, 6) is -1.69. The maximum Gasteiger partial charge on any atom is 0.340 e. The first-order chi connectivity index (χ1) is 13.7. The van der Waals surface area contributed by atoms with Gasteiger partial charge in [-0.2, -0.15) is 0 Å². The van der Waals surface area contributed by atoms with E-state index in [0.717, 1.165) is 0 Å². The maximum atomic E-state index is 12.5. The van der Waals surface area contributed by atoms with Gasteiger partial charge in [-0.15, -0.1) is 0 Å². The first kappa shape index (κ1) is 20.3. The van der Waals surface area contributed by atoms with Gasteiger partial charge in [-0.1, -0.05) is 19.1 Å². The Bertz CT molecular complexity index is 1240. The van der Waals surface area contributed by atoms with Crippen LogP contribution in [0, 0.1) is 0 Å². The second-order valence-electron chi connectivity index (χ2n) is 6.28. The maximum absolute atomic E-state index is 12.5. The molecule has 0 radical (unpaired) electrons. The zero-order chi connectivity index (χ0) is 21.2. The number of carbonyl (C=O) groups is 2. The molecule has 0 unspecified atom stereocenters. The van der Waals surface area contributed by atoms with Gasteiger partial charge in [0.25, 0.3) is 5.91 Å². The molecule has 0 aliphatic rings. The van der Waals surface area contributed by atoms with Gasteiger partial charge in [0.2, 0.25) is 0 Å². The molecule has 9 nitrogen and oxygen atoms in total. The largest absolute Gasteiger partial charge is 0.449 e. The van der Waals surface area contributed by atoms with Gasteiger partial charge in [0, 0.05) is 5.69 Å². The topological polar surface area (TPSA) is 138 Å². The van der Waals surface area contributed by atoms with Gasteiger partial charge < -0.3 is 20.0 Å². The number of carbonyl (C=O) groups excluding carboxylic acids is 2.